The van der Waals surface area contributed by atoms with Crippen molar-refractivity contribution in [3.63, 3.8) is 0 Å². The molecule has 0 amide bonds. The van der Waals surface area contributed by atoms with Crippen molar-refractivity contribution in [3.05, 3.63) is 36.0 Å². The molecule has 2 rings (SSSR count). The summed E-state index contributed by atoms with van der Waals surface area (Å²) in [6.07, 6.45) is 5.72. The summed E-state index contributed by atoms with van der Waals surface area (Å²) in [5.74, 6) is 0.614. The molecular formula is C14H20N2. The Morgan fingerprint density at radius 1 is 1.25 bits per heavy atom. The lowest BCUT2D eigenvalue weighted by Crippen LogP contribution is -2.00. The van der Waals surface area contributed by atoms with E-state index in [0.717, 1.165) is 13.0 Å². The monoisotopic (exact) mass is 216 g/mol. The normalized spacial score (nSPS) is 13.1. The quantitative estimate of drug-likeness (QED) is 0.739. The molecule has 0 radical (unpaired) electrons. The number of nitrogens with two attached hydrogens (primary N) is 1. The largest absolute Gasteiger partial charge is 0.361 e. The number of aromatic amines is 1. The van der Waals surface area contributed by atoms with Gasteiger partial charge in [-0.25, -0.2) is 0 Å². The van der Waals surface area contributed by atoms with E-state index in [9.17, 15) is 0 Å². The highest BCUT2D eigenvalue weighted by atomic mass is 14.7. The highest BCUT2D eigenvalue weighted by Gasteiger charge is 2.10. The number of hydrogen-bond acceptors (Lipinski definition) is 1. The molecule has 2 heteroatoms. The summed E-state index contributed by atoms with van der Waals surface area (Å²) in [7, 11) is 0. The van der Waals surface area contributed by atoms with Gasteiger partial charge >= 0.3 is 0 Å². The van der Waals surface area contributed by atoms with Crippen LogP contribution in [-0.2, 0) is 0 Å². The Hall–Kier alpha value is -1.28. The Labute approximate surface area is 96.9 Å². The van der Waals surface area contributed by atoms with Gasteiger partial charge in [-0.1, -0.05) is 31.5 Å². The molecule has 0 bridgehead atoms. The second-order valence-corrected chi connectivity index (χ2v) is 4.48. The van der Waals surface area contributed by atoms with Gasteiger partial charge in [-0.05, 0) is 36.9 Å². The molecule has 3 N–H and O–H groups in total. The molecule has 2 nitrogen and oxygen atoms in total. The summed E-state index contributed by atoms with van der Waals surface area (Å²) in [5.41, 5.74) is 8.19. The molecule has 1 unspecified atom stereocenters. The van der Waals surface area contributed by atoms with Gasteiger partial charge in [0.1, 0.15) is 0 Å². The lowest BCUT2D eigenvalue weighted by molar-refractivity contribution is 0.612. The number of hydrogen-bond donors (Lipinski definition) is 2. The van der Waals surface area contributed by atoms with Crippen molar-refractivity contribution in [2.75, 3.05) is 6.54 Å². The van der Waals surface area contributed by atoms with Crippen LogP contribution < -0.4 is 5.73 Å². The maximum atomic E-state index is 5.52. The van der Waals surface area contributed by atoms with E-state index in [1.54, 1.807) is 0 Å². The molecule has 86 valence electrons. The van der Waals surface area contributed by atoms with Crippen LogP contribution in [0.3, 0.4) is 0 Å². The fourth-order valence-electron chi connectivity index (χ4n) is 2.25. The maximum absolute atomic E-state index is 5.52. The minimum atomic E-state index is 0.614. The SMILES string of the molecule is CC(CCCCN)c1c[nH]c2ccccc12. The highest BCUT2D eigenvalue weighted by molar-refractivity contribution is 5.83. The van der Waals surface area contributed by atoms with Crippen LogP contribution in [0.2, 0.25) is 0 Å². The average Bonchev–Trinajstić information content (AvgIpc) is 2.73. The Bertz CT molecular complexity index is 445. The first kappa shape index (κ1) is 11.2. The topological polar surface area (TPSA) is 41.8 Å². The van der Waals surface area contributed by atoms with Gasteiger partial charge in [-0.2, -0.15) is 0 Å². The van der Waals surface area contributed by atoms with Gasteiger partial charge in [0.2, 0.25) is 0 Å². The minimum absolute atomic E-state index is 0.614. The predicted octanol–water partition coefficient (Wildman–Crippen LogP) is 3.40. The third kappa shape index (κ3) is 2.27. The standard InChI is InChI=1S/C14H20N2/c1-11(6-4-5-9-15)13-10-16-14-8-3-2-7-12(13)14/h2-3,7-8,10-11,16H,4-6,9,15H2,1H3. The van der Waals surface area contributed by atoms with Gasteiger partial charge in [-0.3, -0.25) is 0 Å². The lowest BCUT2D eigenvalue weighted by atomic mass is 9.95. The molecule has 0 aliphatic rings. The molecule has 16 heavy (non-hydrogen) atoms. The molecule has 0 saturated heterocycles. The predicted molar refractivity (Wildman–Crippen MR) is 69.6 cm³/mol. The number of benzene rings is 1. The van der Waals surface area contributed by atoms with Crippen LogP contribution in [-0.4, -0.2) is 11.5 Å². The highest BCUT2D eigenvalue weighted by Crippen LogP contribution is 2.28. The number of unbranched alkanes of at least 4 members (excludes halogenated alkanes) is 1. The fraction of sp³-hybridized carbons (Fsp3) is 0.429. The van der Waals surface area contributed by atoms with Gasteiger partial charge in [0.05, 0.1) is 0 Å². The second kappa shape index (κ2) is 5.17. The first-order valence-electron chi connectivity index (χ1n) is 6.09. The van der Waals surface area contributed by atoms with Crippen molar-refractivity contribution in [2.24, 2.45) is 5.73 Å². The third-order valence-electron chi connectivity index (χ3n) is 3.24. The maximum Gasteiger partial charge on any atom is 0.0456 e. The fourth-order valence-corrected chi connectivity index (χ4v) is 2.25. The molecular weight excluding hydrogens is 196 g/mol. The van der Waals surface area contributed by atoms with Crippen LogP contribution in [0.25, 0.3) is 10.9 Å². The third-order valence-corrected chi connectivity index (χ3v) is 3.24. The number of fused-ring (bicyclic) bond motifs is 1. The van der Waals surface area contributed by atoms with E-state index in [-0.39, 0.29) is 0 Å². The number of aromatic nitrogens is 1. The van der Waals surface area contributed by atoms with Gasteiger partial charge in [-0.15, -0.1) is 0 Å². The van der Waals surface area contributed by atoms with Crippen LogP contribution in [0.1, 0.15) is 37.7 Å². The average molecular weight is 216 g/mol. The van der Waals surface area contributed by atoms with E-state index in [1.807, 2.05) is 0 Å². The molecule has 0 saturated carbocycles. The number of nitrogens with one attached hydrogen (secondary N) is 1. The molecule has 1 heterocycles. The number of H-pyrrole nitrogens is 1. The summed E-state index contributed by atoms with van der Waals surface area (Å²) < 4.78 is 0. The second-order valence-electron chi connectivity index (χ2n) is 4.48. The van der Waals surface area contributed by atoms with Gasteiger partial charge in [0.25, 0.3) is 0 Å². The summed E-state index contributed by atoms with van der Waals surface area (Å²) in [4.78, 5) is 3.33. The smallest absolute Gasteiger partial charge is 0.0456 e. The van der Waals surface area contributed by atoms with Crippen LogP contribution in [0, 0.1) is 0 Å². The van der Waals surface area contributed by atoms with Crippen molar-refractivity contribution in [1.82, 2.24) is 4.98 Å². The van der Waals surface area contributed by atoms with Crippen molar-refractivity contribution in [3.8, 4) is 0 Å². The molecule has 0 aliphatic heterocycles. The van der Waals surface area contributed by atoms with Gasteiger partial charge < -0.3 is 10.7 Å². The van der Waals surface area contributed by atoms with Crippen LogP contribution >= 0.6 is 0 Å². The Morgan fingerprint density at radius 2 is 2.06 bits per heavy atom. The first-order valence-corrected chi connectivity index (χ1v) is 6.09. The van der Waals surface area contributed by atoms with Gasteiger partial charge in [0, 0.05) is 17.1 Å². The Morgan fingerprint density at radius 3 is 2.88 bits per heavy atom. The molecule has 2 aromatic rings. The van der Waals surface area contributed by atoms with E-state index in [1.165, 1.54) is 29.3 Å². The zero-order valence-electron chi connectivity index (χ0n) is 9.87. The molecule has 0 fully saturated rings. The molecule has 1 aromatic heterocycles. The van der Waals surface area contributed by atoms with E-state index < -0.39 is 0 Å². The Balaban J connectivity index is 2.13. The molecule has 0 aliphatic carbocycles. The van der Waals surface area contributed by atoms with Crippen molar-refractivity contribution in [2.45, 2.75) is 32.1 Å². The van der Waals surface area contributed by atoms with Crippen LogP contribution in [0.5, 0.6) is 0 Å². The van der Waals surface area contributed by atoms with Crippen molar-refractivity contribution in [1.29, 1.82) is 0 Å². The molecule has 1 atom stereocenters. The van der Waals surface area contributed by atoms with E-state index in [2.05, 4.69) is 42.4 Å². The Kier molecular flexibility index (Phi) is 3.62. The molecule has 1 aromatic carbocycles. The number of para-hydroxylation sites is 1. The van der Waals surface area contributed by atoms with Crippen LogP contribution in [0.4, 0.5) is 0 Å². The lowest BCUT2D eigenvalue weighted by Gasteiger charge is -2.09. The summed E-state index contributed by atoms with van der Waals surface area (Å²) in [6.45, 7) is 3.10. The summed E-state index contributed by atoms with van der Waals surface area (Å²) in [6, 6.07) is 8.50. The summed E-state index contributed by atoms with van der Waals surface area (Å²) >= 11 is 0. The molecule has 0 spiro atoms. The van der Waals surface area contributed by atoms with Crippen LogP contribution in [0.15, 0.2) is 30.5 Å². The minimum Gasteiger partial charge on any atom is -0.361 e. The van der Waals surface area contributed by atoms with E-state index in [4.69, 9.17) is 5.73 Å². The number of rotatable bonds is 5. The first-order chi connectivity index (χ1) is 7.83. The summed E-state index contributed by atoms with van der Waals surface area (Å²) in [5, 5.41) is 1.36. The zero-order valence-corrected chi connectivity index (χ0v) is 9.87. The van der Waals surface area contributed by atoms with E-state index >= 15 is 0 Å². The zero-order chi connectivity index (χ0) is 11.4. The van der Waals surface area contributed by atoms with Crippen molar-refractivity contribution < 1.29 is 0 Å². The van der Waals surface area contributed by atoms with E-state index in [0.29, 0.717) is 5.92 Å². The van der Waals surface area contributed by atoms with Crippen molar-refractivity contribution >= 4 is 10.9 Å². The van der Waals surface area contributed by atoms with Gasteiger partial charge in [0.15, 0.2) is 0 Å².